The molecule has 17 heavy (non-hydrogen) atoms. The van der Waals surface area contributed by atoms with Crippen LogP contribution in [0.4, 0.5) is 0 Å². The number of hydrogen-bond acceptors (Lipinski definition) is 3. The van der Waals surface area contributed by atoms with E-state index in [1.54, 1.807) is 0 Å². The van der Waals surface area contributed by atoms with E-state index in [9.17, 15) is 4.79 Å². The molecule has 2 heterocycles. The minimum atomic E-state index is 0.0901. The fourth-order valence-corrected chi connectivity index (χ4v) is 3.19. The van der Waals surface area contributed by atoms with Crippen LogP contribution >= 0.6 is 0 Å². The fraction of sp³-hybridized carbons (Fsp3) is 0.929. The van der Waals surface area contributed by atoms with Crippen LogP contribution in [0.5, 0.6) is 0 Å². The summed E-state index contributed by atoms with van der Waals surface area (Å²) in [5, 5.41) is 0. The summed E-state index contributed by atoms with van der Waals surface area (Å²) in [5.41, 5.74) is 0. The van der Waals surface area contributed by atoms with E-state index in [0.29, 0.717) is 17.6 Å². The predicted octanol–water partition coefficient (Wildman–Crippen LogP) is 2.43. The Hall–Kier alpha value is -0.410. The monoisotopic (exact) mass is 240 g/mol. The van der Waals surface area contributed by atoms with Gasteiger partial charge >= 0.3 is 0 Å². The lowest BCUT2D eigenvalue weighted by Gasteiger charge is -2.24. The second-order valence-corrected chi connectivity index (χ2v) is 5.66. The smallest absolute Gasteiger partial charge is 0.139 e. The van der Waals surface area contributed by atoms with E-state index in [0.717, 1.165) is 32.5 Å². The van der Waals surface area contributed by atoms with E-state index in [1.807, 2.05) is 6.92 Å². The summed E-state index contributed by atoms with van der Waals surface area (Å²) in [7, 11) is 0. The van der Waals surface area contributed by atoms with E-state index in [-0.39, 0.29) is 18.1 Å². The molecule has 0 spiro atoms. The Bertz CT molecular complexity index is 271. The zero-order valence-electron chi connectivity index (χ0n) is 11.1. The minimum absolute atomic E-state index is 0.0901. The molecule has 0 bridgehead atoms. The Balaban J connectivity index is 1.90. The zero-order valence-corrected chi connectivity index (χ0v) is 11.1. The molecule has 4 atom stereocenters. The number of rotatable bonds is 3. The summed E-state index contributed by atoms with van der Waals surface area (Å²) in [6.45, 7) is 7.89. The highest BCUT2D eigenvalue weighted by molar-refractivity contribution is 5.82. The molecule has 3 nitrogen and oxygen atoms in total. The van der Waals surface area contributed by atoms with Gasteiger partial charge in [0.1, 0.15) is 5.78 Å². The largest absolute Gasteiger partial charge is 0.381 e. The Morgan fingerprint density at radius 3 is 2.29 bits per heavy atom. The second kappa shape index (κ2) is 5.49. The average Bonchev–Trinajstić information content (AvgIpc) is 2.54. The van der Waals surface area contributed by atoms with Crippen LogP contribution in [0.15, 0.2) is 0 Å². The summed E-state index contributed by atoms with van der Waals surface area (Å²) < 4.78 is 11.1. The van der Waals surface area contributed by atoms with Crippen molar-refractivity contribution in [2.75, 3.05) is 13.2 Å². The van der Waals surface area contributed by atoms with Crippen LogP contribution < -0.4 is 0 Å². The van der Waals surface area contributed by atoms with Crippen LogP contribution in [0.25, 0.3) is 0 Å². The second-order valence-electron chi connectivity index (χ2n) is 5.66. The van der Waals surface area contributed by atoms with Gasteiger partial charge in [0.05, 0.1) is 12.2 Å². The van der Waals surface area contributed by atoms with Crippen LogP contribution in [0.2, 0.25) is 0 Å². The van der Waals surface area contributed by atoms with Gasteiger partial charge in [0.25, 0.3) is 0 Å². The highest BCUT2D eigenvalue weighted by atomic mass is 16.5. The maximum atomic E-state index is 12.4. The van der Waals surface area contributed by atoms with Gasteiger partial charge in [0, 0.05) is 25.6 Å². The topological polar surface area (TPSA) is 35.5 Å². The molecular formula is C14H24O3. The number of ketones is 1. The first kappa shape index (κ1) is 13.0. The zero-order chi connectivity index (χ0) is 12.4. The van der Waals surface area contributed by atoms with E-state index >= 15 is 0 Å². The van der Waals surface area contributed by atoms with Crippen molar-refractivity contribution in [3.8, 4) is 0 Å². The third kappa shape index (κ3) is 2.89. The summed E-state index contributed by atoms with van der Waals surface area (Å²) in [6, 6.07) is 0. The summed E-state index contributed by atoms with van der Waals surface area (Å²) in [4.78, 5) is 12.4. The van der Waals surface area contributed by atoms with Gasteiger partial charge in [-0.15, -0.1) is 0 Å². The van der Waals surface area contributed by atoms with Crippen molar-refractivity contribution in [2.24, 2.45) is 17.8 Å². The SMILES string of the molecule is CC1OC(C)C(C(=O)CC2CCOCC2)C1C. The van der Waals surface area contributed by atoms with Crippen molar-refractivity contribution in [1.29, 1.82) is 0 Å². The molecule has 0 aliphatic carbocycles. The number of Topliss-reactive ketones (excluding diaryl/α,β-unsaturated/α-hetero) is 1. The standard InChI is InChI=1S/C14H24O3/c1-9-10(2)17-11(3)14(9)13(15)8-12-4-6-16-7-5-12/h9-12,14H,4-8H2,1-3H3. The molecule has 2 aliphatic rings. The van der Waals surface area contributed by atoms with E-state index in [4.69, 9.17) is 9.47 Å². The van der Waals surface area contributed by atoms with Crippen molar-refractivity contribution in [3.63, 3.8) is 0 Å². The highest BCUT2D eigenvalue weighted by Crippen LogP contribution is 2.35. The minimum Gasteiger partial charge on any atom is -0.381 e. The molecule has 0 saturated carbocycles. The molecule has 0 amide bonds. The number of ether oxygens (including phenoxy) is 2. The van der Waals surface area contributed by atoms with Crippen LogP contribution in [0, 0.1) is 17.8 Å². The Kier molecular flexibility index (Phi) is 4.21. The maximum absolute atomic E-state index is 12.4. The lowest BCUT2D eigenvalue weighted by molar-refractivity contribution is -0.126. The predicted molar refractivity (Wildman–Crippen MR) is 65.8 cm³/mol. The molecule has 98 valence electrons. The summed E-state index contributed by atoms with van der Waals surface area (Å²) >= 11 is 0. The van der Waals surface area contributed by atoms with Gasteiger partial charge in [-0.05, 0) is 38.5 Å². The number of carbonyl (C=O) groups is 1. The Morgan fingerprint density at radius 2 is 1.76 bits per heavy atom. The number of hydrogen-bond donors (Lipinski definition) is 0. The van der Waals surface area contributed by atoms with Gasteiger partial charge in [-0.3, -0.25) is 4.79 Å². The molecule has 4 unspecified atom stereocenters. The average molecular weight is 240 g/mol. The lowest BCUT2D eigenvalue weighted by atomic mass is 9.81. The molecular weight excluding hydrogens is 216 g/mol. The van der Waals surface area contributed by atoms with Crippen LogP contribution in [0.1, 0.15) is 40.0 Å². The third-order valence-corrected chi connectivity index (χ3v) is 4.44. The van der Waals surface area contributed by atoms with Gasteiger partial charge in [-0.2, -0.15) is 0 Å². The molecule has 0 radical (unpaired) electrons. The molecule has 0 aromatic heterocycles. The van der Waals surface area contributed by atoms with Crippen molar-refractivity contribution in [1.82, 2.24) is 0 Å². The van der Waals surface area contributed by atoms with Gasteiger partial charge in [-0.1, -0.05) is 6.92 Å². The van der Waals surface area contributed by atoms with Gasteiger partial charge in [0.2, 0.25) is 0 Å². The molecule has 2 rings (SSSR count). The van der Waals surface area contributed by atoms with Gasteiger partial charge in [0.15, 0.2) is 0 Å². The molecule has 0 N–H and O–H groups in total. The molecule has 2 fully saturated rings. The first-order chi connectivity index (χ1) is 8.09. The van der Waals surface area contributed by atoms with Crippen LogP contribution in [-0.4, -0.2) is 31.2 Å². The van der Waals surface area contributed by atoms with E-state index in [2.05, 4.69) is 13.8 Å². The molecule has 0 aromatic carbocycles. The van der Waals surface area contributed by atoms with Gasteiger partial charge in [-0.25, -0.2) is 0 Å². The normalized spacial score (nSPS) is 39.5. The van der Waals surface area contributed by atoms with Crippen molar-refractivity contribution < 1.29 is 14.3 Å². The first-order valence-electron chi connectivity index (χ1n) is 6.85. The van der Waals surface area contributed by atoms with Crippen molar-refractivity contribution >= 4 is 5.78 Å². The molecule has 2 saturated heterocycles. The molecule has 3 heteroatoms. The molecule has 0 aromatic rings. The van der Waals surface area contributed by atoms with Crippen LogP contribution in [-0.2, 0) is 14.3 Å². The molecule has 2 aliphatic heterocycles. The quantitative estimate of drug-likeness (QED) is 0.760. The Labute approximate surface area is 104 Å². The third-order valence-electron chi connectivity index (χ3n) is 4.44. The summed E-state index contributed by atoms with van der Waals surface area (Å²) in [5.74, 6) is 1.40. The highest BCUT2D eigenvalue weighted by Gasteiger charge is 2.41. The number of carbonyl (C=O) groups excluding carboxylic acids is 1. The lowest BCUT2D eigenvalue weighted by Crippen LogP contribution is -2.29. The summed E-state index contributed by atoms with van der Waals surface area (Å²) in [6.07, 6.45) is 3.11. The first-order valence-corrected chi connectivity index (χ1v) is 6.85. The fourth-order valence-electron chi connectivity index (χ4n) is 3.19. The Morgan fingerprint density at radius 1 is 1.12 bits per heavy atom. The van der Waals surface area contributed by atoms with Gasteiger partial charge < -0.3 is 9.47 Å². The van der Waals surface area contributed by atoms with E-state index < -0.39 is 0 Å². The van der Waals surface area contributed by atoms with Crippen molar-refractivity contribution in [3.05, 3.63) is 0 Å². The van der Waals surface area contributed by atoms with E-state index in [1.165, 1.54) is 0 Å². The van der Waals surface area contributed by atoms with Crippen molar-refractivity contribution in [2.45, 2.75) is 52.2 Å². The van der Waals surface area contributed by atoms with Crippen LogP contribution in [0.3, 0.4) is 0 Å². The maximum Gasteiger partial charge on any atom is 0.139 e.